The summed E-state index contributed by atoms with van der Waals surface area (Å²) in [6.45, 7) is 10.5. The van der Waals surface area contributed by atoms with Crippen molar-refractivity contribution in [3.05, 3.63) is 24.3 Å². The highest BCUT2D eigenvalue weighted by molar-refractivity contribution is 5.99. The average Bonchev–Trinajstić information content (AvgIpc) is 3.26. The van der Waals surface area contributed by atoms with E-state index >= 15 is 0 Å². The number of carbonyl (C=O) groups is 3. The second-order valence-corrected chi connectivity index (χ2v) is 11.6. The van der Waals surface area contributed by atoms with Crippen molar-refractivity contribution in [1.29, 1.82) is 0 Å². The molecule has 8 heteroatoms. The first-order valence-corrected chi connectivity index (χ1v) is 14.7. The number of carbonyl (C=O) groups excluding carboxylic acids is 3. The summed E-state index contributed by atoms with van der Waals surface area (Å²) in [7, 11) is 0. The van der Waals surface area contributed by atoms with E-state index in [-0.39, 0.29) is 30.4 Å². The predicted octanol–water partition coefficient (Wildman–Crippen LogP) is 3.62. The Balaban J connectivity index is 1.92. The summed E-state index contributed by atoms with van der Waals surface area (Å²) in [4.78, 5) is 46.2. The van der Waals surface area contributed by atoms with Crippen LogP contribution in [-0.4, -0.2) is 81.8 Å². The molecule has 0 aliphatic carbocycles. The first kappa shape index (κ1) is 28.8. The summed E-state index contributed by atoms with van der Waals surface area (Å²) in [6, 6.07) is -1.55. The van der Waals surface area contributed by atoms with Crippen molar-refractivity contribution >= 4 is 17.8 Å². The maximum absolute atomic E-state index is 14.5. The molecule has 8 nitrogen and oxygen atoms in total. The van der Waals surface area contributed by atoms with Gasteiger partial charge in [-0.2, -0.15) is 0 Å². The van der Waals surface area contributed by atoms with Crippen LogP contribution < -0.4 is 0 Å². The lowest BCUT2D eigenvalue weighted by Crippen LogP contribution is -2.60. The fraction of sp³-hybridized carbons (Fsp3) is 0.767. The zero-order valence-corrected chi connectivity index (χ0v) is 23.7. The lowest BCUT2D eigenvalue weighted by molar-refractivity contribution is -0.164. The summed E-state index contributed by atoms with van der Waals surface area (Å²) >= 11 is 0. The van der Waals surface area contributed by atoms with Crippen molar-refractivity contribution in [1.82, 2.24) is 9.80 Å². The van der Waals surface area contributed by atoms with Crippen molar-refractivity contribution in [2.75, 3.05) is 19.8 Å². The van der Waals surface area contributed by atoms with Crippen molar-refractivity contribution in [3.63, 3.8) is 0 Å². The molecule has 2 amide bonds. The molecule has 0 aromatic rings. The van der Waals surface area contributed by atoms with Gasteiger partial charge in [-0.15, -0.1) is 0 Å². The monoisotopic (exact) mass is 530 g/mol. The quantitative estimate of drug-likeness (QED) is 0.380. The molecule has 4 heterocycles. The Labute approximate surface area is 227 Å². The molecule has 1 spiro atoms. The second kappa shape index (κ2) is 11.5. The van der Waals surface area contributed by atoms with Crippen molar-refractivity contribution < 1.29 is 29.0 Å². The molecule has 0 radical (unpaired) electrons. The number of nitrogens with zero attached hydrogens (tertiary/aromatic N) is 2. The molecule has 4 rings (SSSR count). The van der Waals surface area contributed by atoms with Gasteiger partial charge >= 0.3 is 5.97 Å². The largest absolute Gasteiger partial charge is 0.465 e. The number of ether oxygens (including phenoxy) is 2. The van der Waals surface area contributed by atoms with E-state index in [1.807, 2.05) is 50.8 Å². The molecule has 0 saturated carbocycles. The zero-order chi connectivity index (χ0) is 27.7. The van der Waals surface area contributed by atoms with Gasteiger partial charge in [0.05, 0.1) is 25.2 Å². The maximum Gasteiger partial charge on any atom is 0.313 e. The third kappa shape index (κ3) is 4.51. The number of amides is 2. The maximum atomic E-state index is 14.5. The van der Waals surface area contributed by atoms with Crippen LogP contribution in [0.2, 0.25) is 0 Å². The molecule has 0 aromatic heterocycles. The van der Waals surface area contributed by atoms with Gasteiger partial charge in [-0.3, -0.25) is 14.4 Å². The molecular weight excluding hydrogens is 484 g/mol. The Bertz CT molecular complexity index is 964. The van der Waals surface area contributed by atoms with Gasteiger partial charge in [-0.05, 0) is 44.9 Å². The molecule has 212 valence electrons. The van der Waals surface area contributed by atoms with Gasteiger partial charge in [0.25, 0.3) is 0 Å². The number of esters is 1. The predicted molar refractivity (Wildman–Crippen MR) is 144 cm³/mol. The molecule has 0 aromatic carbocycles. The van der Waals surface area contributed by atoms with Gasteiger partial charge in [-0.1, -0.05) is 64.8 Å². The van der Waals surface area contributed by atoms with Crippen molar-refractivity contribution in [3.8, 4) is 0 Å². The van der Waals surface area contributed by atoms with E-state index < -0.39 is 41.1 Å². The van der Waals surface area contributed by atoms with E-state index in [0.717, 1.165) is 38.5 Å². The van der Waals surface area contributed by atoms with Crippen LogP contribution in [0.25, 0.3) is 0 Å². The van der Waals surface area contributed by atoms with Gasteiger partial charge in [0.15, 0.2) is 0 Å². The lowest BCUT2D eigenvalue weighted by Gasteiger charge is -2.43. The van der Waals surface area contributed by atoms with E-state index in [9.17, 15) is 19.5 Å². The van der Waals surface area contributed by atoms with E-state index in [2.05, 4.69) is 13.0 Å². The number of allylic oxidation sites excluding steroid dienone is 1. The van der Waals surface area contributed by atoms with Crippen molar-refractivity contribution in [2.45, 2.75) is 109 Å². The number of rotatable bonds is 8. The minimum Gasteiger partial charge on any atom is -0.465 e. The van der Waals surface area contributed by atoms with Crippen LogP contribution in [0.15, 0.2) is 24.3 Å². The minimum absolute atomic E-state index is 0.0217. The smallest absolute Gasteiger partial charge is 0.313 e. The number of aliphatic hydroxyl groups is 1. The highest BCUT2D eigenvalue weighted by Gasteiger charge is 2.76. The molecule has 38 heavy (non-hydrogen) atoms. The number of likely N-dealkylation sites (tertiary alicyclic amines) is 1. The molecular formula is C30H46N2O6. The summed E-state index contributed by atoms with van der Waals surface area (Å²) in [6.07, 6.45) is 13.3. The highest BCUT2D eigenvalue weighted by Crippen LogP contribution is 2.58. The summed E-state index contributed by atoms with van der Waals surface area (Å²) in [5.41, 5.74) is -2.38. The number of aliphatic hydroxyl groups excluding tert-OH is 1. The van der Waals surface area contributed by atoms with Crippen LogP contribution in [0.3, 0.4) is 0 Å². The van der Waals surface area contributed by atoms with Gasteiger partial charge in [0, 0.05) is 12.6 Å². The normalized spacial score (nSPS) is 36.6. The van der Waals surface area contributed by atoms with Crippen LogP contribution in [0.1, 0.15) is 79.6 Å². The summed E-state index contributed by atoms with van der Waals surface area (Å²) < 4.78 is 12.7. The Morgan fingerprint density at radius 2 is 1.82 bits per heavy atom. The first-order chi connectivity index (χ1) is 18.2. The van der Waals surface area contributed by atoms with Crippen LogP contribution >= 0.6 is 0 Å². The van der Waals surface area contributed by atoms with Gasteiger partial charge in [-0.25, -0.2) is 0 Å². The third-order valence-electron chi connectivity index (χ3n) is 9.44. The number of hydrogen-bond acceptors (Lipinski definition) is 6. The van der Waals surface area contributed by atoms with Gasteiger partial charge < -0.3 is 24.4 Å². The SMILES string of the molecule is CCCC(C)N1CC=C[C@]23O[C@@]4(CC)/C=C\CCCCOC(=O)[C@H]4[C@H]2C(=O)N([C@@H](CO)[C@@H](C)CC)C3C1=O. The molecule has 2 saturated heterocycles. The zero-order valence-electron chi connectivity index (χ0n) is 23.7. The van der Waals surface area contributed by atoms with E-state index in [1.165, 1.54) is 0 Å². The fourth-order valence-electron chi connectivity index (χ4n) is 7.14. The van der Waals surface area contributed by atoms with E-state index in [1.54, 1.807) is 4.90 Å². The summed E-state index contributed by atoms with van der Waals surface area (Å²) in [5.74, 6) is -2.77. The van der Waals surface area contributed by atoms with Crippen LogP contribution in [0.4, 0.5) is 0 Å². The number of cyclic esters (lactones) is 1. The van der Waals surface area contributed by atoms with E-state index in [0.29, 0.717) is 19.6 Å². The average molecular weight is 531 g/mol. The van der Waals surface area contributed by atoms with Crippen LogP contribution in [0.5, 0.6) is 0 Å². The Morgan fingerprint density at radius 1 is 1.05 bits per heavy atom. The molecule has 2 fully saturated rings. The third-order valence-corrected chi connectivity index (χ3v) is 9.44. The fourth-order valence-corrected chi connectivity index (χ4v) is 7.14. The Kier molecular flexibility index (Phi) is 8.72. The molecule has 4 aliphatic rings. The van der Waals surface area contributed by atoms with Crippen LogP contribution in [-0.2, 0) is 23.9 Å². The Morgan fingerprint density at radius 3 is 2.47 bits per heavy atom. The summed E-state index contributed by atoms with van der Waals surface area (Å²) in [5, 5.41) is 10.5. The second-order valence-electron chi connectivity index (χ2n) is 11.6. The minimum atomic E-state index is -1.33. The highest BCUT2D eigenvalue weighted by atomic mass is 16.6. The standard InChI is InChI=1S/C30H46N2O6/c1-6-14-21(5)31-17-13-16-30-23(26(34)32(25(30)27(31)35)22(19-33)20(4)7-2)24-28(36)37-18-12-10-9-11-15-29(24,8-3)38-30/h11,13,15-16,20-25,33H,6-10,12,14,17-19H2,1-5H3/b15-11-/t20-,21?,22-,23-,24+,25?,29-,30-/m0/s1. The van der Waals surface area contributed by atoms with Crippen LogP contribution in [0, 0.1) is 17.8 Å². The van der Waals surface area contributed by atoms with E-state index in [4.69, 9.17) is 9.47 Å². The molecule has 0 bridgehead atoms. The topological polar surface area (TPSA) is 96.4 Å². The van der Waals surface area contributed by atoms with Gasteiger partial charge in [0.2, 0.25) is 11.8 Å². The Hall–Kier alpha value is -2.19. The first-order valence-electron chi connectivity index (χ1n) is 14.7. The molecule has 2 unspecified atom stereocenters. The number of fused-ring (bicyclic) bond motifs is 2. The molecule has 8 atom stereocenters. The van der Waals surface area contributed by atoms with Gasteiger partial charge in [0.1, 0.15) is 23.2 Å². The lowest BCUT2D eigenvalue weighted by atomic mass is 9.73. The molecule has 1 N–H and O–H groups in total. The molecule has 4 aliphatic heterocycles. The number of hydrogen-bond donors (Lipinski definition) is 1. The van der Waals surface area contributed by atoms with Crippen molar-refractivity contribution in [2.24, 2.45) is 17.8 Å².